The van der Waals surface area contributed by atoms with E-state index in [1.807, 2.05) is 121 Å². The van der Waals surface area contributed by atoms with Crippen molar-refractivity contribution in [1.82, 2.24) is 4.90 Å². The number of hydrogen-bond acceptors (Lipinski definition) is 7. The van der Waals surface area contributed by atoms with Crippen LogP contribution in [0.15, 0.2) is 150 Å². The van der Waals surface area contributed by atoms with Crippen molar-refractivity contribution in [3.63, 3.8) is 0 Å². The minimum absolute atomic E-state index is 0. The largest absolute Gasteiger partial charge is 3.00 e. The predicted octanol–water partition coefficient (Wildman–Crippen LogP) is 5.50. The number of carboxylic acid groups (broad SMARTS) is 1. The Kier molecular flexibility index (Phi) is 11.2. The van der Waals surface area contributed by atoms with Crippen LogP contribution in [0.5, 0.6) is 0 Å². The molecule has 3 atom stereocenters. The van der Waals surface area contributed by atoms with Crippen LogP contribution in [0.3, 0.4) is 0 Å². The molecule has 0 amide bonds. The molecule has 0 saturated carbocycles. The quantitative estimate of drug-likeness (QED) is 0.109. The van der Waals surface area contributed by atoms with Gasteiger partial charge in [-0.3, -0.25) is 14.9 Å². The van der Waals surface area contributed by atoms with Gasteiger partial charge in [0.05, 0.1) is 23.4 Å². The minimum atomic E-state index is -1.27. The first kappa shape index (κ1) is 34.8. The van der Waals surface area contributed by atoms with Crippen molar-refractivity contribution in [2.75, 3.05) is 18.0 Å². The second kappa shape index (κ2) is 16.1. The van der Waals surface area contributed by atoms with Gasteiger partial charge >= 0.3 is 16.5 Å². The van der Waals surface area contributed by atoms with Gasteiger partial charge in [-0.2, -0.15) is 0 Å². The van der Waals surface area contributed by atoms with Crippen LogP contribution in [-0.4, -0.2) is 47.7 Å². The van der Waals surface area contributed by atoms with Crippen LogP contribution in [0.2, 0.25) is 0 Å². The molecule has 253 valence electrons. The standard InChI is InChI=1S/C42H40N4O3.Ni/c47-41(37-25-14-27-45(37)29-30-15-4-1-5-16-30)43-36-24-13-12-23-35(36)38(32-18-6-2-7-19-32)44-39(42(48)49)40-34-22-11-10-17-31(34)26-28-46(40)33-20-8-3-9-21-33;/h1-13,15-24,37,39-40H,14,25-29H2,(H,43,47)(H,48,49);/q;+3/p-2/t37-,39-,40-;/m0./s1. The molecule has 0 bridgehead atoms. The van der Waals surface area contributed by atoms with Crippen molar-refractivity contribution in [2.45, 2.75) is 43.9 Å². The number of carbonyl (C=O) groups excluding carboxylic acids is 1. The van der Waals surface area contributed by atoms with Crippen molar-refractivity contribution in [3.05, 3.63) is 167 Å². The molecule has 0 aliphatic carbocycles. The molecular formula is C42H38N4NiO3+. The molecular weight excluding hydrogens is 667 g/mol. The Hall–Kier alpha value is -5.04. The summed E-state index contributed by atoms with van der Waals surface area (Å²) in [6.45, 7) is 2.14. The molecule has 1 radical (unpaired) electrons. The number of rotatable bonds is 10. The summed E-state index contributed by atoms with van der Waals surface area (Å²) < 4.78 is 0. The number of carboxylic acids is 1. The van der Waals surface area contributed by atoms with Gasteiger partial charge in [0.25, 0.3) is 0 Å². The number of para-hydroxylation sites is 2. The molecule has 2 heterocycles. The number of nitrogens with zero attached hydrogens (tertiary/aromatic N) is 4. The minimum Gasteiger partial charge on any atom is -0.861 e. The molecule has 1 fully saturated rings. The van der Waals surface area contributed by atoms with Gasteiger partial charge in [-0.05, 0) is 66.6 Å². The second-order valence-corrected chi connectivity index (χ2v) is 12.6. The Balaban J connectivity index is 0.00000432. The van der Waals surface area contributed by atoms with E-state index in [0.717, 1.165) is 53.7 Å². The molecule has 2 aliphatic heterocycles. The van der Waals surface area contributed by atoms with Gasteiger partial charge in [-0.25, -0.2) is 0 Å². The van der Waals surface area contributed by atoms with E-state index >= 15 is 0 Å². The third kappa shape index (κ3) is 7.57. The summed E-state index contributed by atoms with van der Waals surface area (Å²) in [5.74, 6) is -1.48. The summed E-state index contributed by atoms with van der Waals surface area (Å²) in [6.07, 6.45) is 2.44. The van der Waals surface area contributed by atoms with Crippen molar-refractivity contribution < 1.29 is 31.5 Å². The van der Waals surface area contributed by atoms with E-state index < -0.39 is 18.1 Å². The van der Waals surface area contributed by atoms with E-state index in [9.17, 15) is 15.0 Å². The molecule has 2 aliphatic rings. The SMILES string of the molecule is O=C([O-])[C@@H](N=C(c1ccccc1)c1ccccc1N=C([O-])[C@@H]1CCCN1Cc1ccccc1)[C@@H]1c2ccccc2CCN1c1ccccc1.[Ni+3]. The zero-order valence-corrected chi connectivity index (χ0v) is 28.6. The molecule has 0 aromatic heterocycles. The maximum atomic E-state index is 13.9. The number of carbonyl (C=O) groups is 1. The average Bonchev–Trinajstić information content (AvgIpc) is 3.61. The Morgan fingerprint density at radius 1 is 0.760 bits per heavy atom. The van der Waals surface area contributed by atoms with Crippen molar-refractivity contribution in [2.24, 2.45) is 9.98 Å². The summed E-state index contributed by atoms with van der Waals surface area (Å²) in [5.41, 5.74) is 6.32. The zero-order chi connectivity index (χ0) is 33.6. The van der Waals surface area contributed by atoms with Gasteiger partial charge in [0, 0.05) is 35.9 Å². The van der Waals surface area contributed by atoms with Crippen molar-refractivity contribution in [1.29, 1.82) is 0 Å². The van der Waals surface area contributed by atoms with Gasteiger partial charge in [0.1, 0.15) is 6.04 Å². The Bertz CT molecular complexity index is 1950. The van der Waals surface area contributed by atoms with E-state index in [-0.39, 0.29) is 28.4 Å². The number of benzene rings is 5. The Morgan fingerprint density at radius 3 is 2.14 bits per heavy atom. The van der Waals surface area contributed by atoms with Crippen LogP contribution in [0.4, 0.5) is 11.4 Å². The normalized spacial score (nSPS) is 18.6. The van der Waals surface area contributed by atoms with Gasteiger partial charge < -0.3 is 19.9 Å². The van der Waals surface area contributed by atoms with Gasteiger partial charge in [0.2, 0.25) is 0 Å². The van der Waals surface area contributed by atoms with E-state index in [1.54, 1.807) is 0 Å². The molecule has 7 rings (SSSR count). The Labute approximate surface area is 303 Å². The average molecular weight is 705 g/mol. The van der Waals surface area contributed by atoms with Gasteiger partial charge in [0.15, 0.2) is 0 Å². The summed E-state index contributed by atoms with van der Waals surface area (Å²) in [7, 11) is 0. The number of likely N-dealkylation sites (tertiary alicyclic amines) is 1. The smallest absolute Gasteiger partial charge is 0.861 e. The molecule has 5 aromatic rings. The third-order valence-corrected chi connectivity index (χ3v) is 9.54. The zero-order valence-electron chi connectivity index (χ0n) is 27.6. The fraction of sp³-hybridized carbons (Fsp3) is 0.214. The second-order valence-electron chi connectivity index (χ2n) is 12.6. The predicted molar refractivity (Wildman–Crippen MR) is 191 cm³/mol. The maximum absolute atomic E-state index is 13.9. The van der Waals surface area contributed by atoms with E-state index in [4.69, 9.17) is 9.98 Å². The summed E-state index contributed by atoms with van der Waals surface area (Å²) in [6, 6.07) is 42.7. The fourth-order valence-corrected chi connectivity index (χ4v) is 7.21. The third-order valence-electron chi connectivity index (χ3n) is 9.54. The number of aliphatic carboxylic acids is 1. The van der Waals surface area contributed by atoms with Crippen LogP contribution < -0.4 is 15.1 Å². The first-order valence-electron chi connectivity index (χ1n) is 16.9. The molecule has 0 unspecified atom stereocenters. The van der Waals surface area contributed by atoms with Gasteiger partial charge in [-0.1, -0.05) is 121 Å². The summed E-state index contributed by atoms with van der Waals surface area (Å²) in [5, 5.41) is 27.2. The number of aliphatic imine (C=N–C) groups is 2. The summed E-state index contributed by atoms with van der Waals surface area (Å²) >= 11 is 0. The molecule has 0 spiro atoms. The van der Waals surface area contributed by atoms with Crippen LogP contribution in [0.1, 0.15) is 46.7 Å². The number of fused-ring (bicyclic) bond motifs is 1. The van der Waals surface area contributed by atoms with E-state index in [2.05, 4.69) is 28.0 Å². The molecule has 7 nitrogen and oxygen atoms in total. The monoisotopic (exact) mass is 704 g/mol. The Morgan fingerprint density at radius 2 is 1.40 bits per heavy atom. The fourth-order valence-electron chi connectivity index (χ4n) is 7.21. The maximum Gasteiger partial charge on any atom is 3.00 e. The molecule has 5 aromatic carbocycles. The molecule has 8 heteroatoms. The van der Waals surface area contributed by atoms with Gasteiger partial charge in [-0.15, -0.1) is 0 Å². The van der Waals surface area contributed by atoms with Crippen LogP contribution >= 0.6 is 0 Å². The summed E-state index contributed by atoms with van der Waals surface area (Å²) in [4.78, 5) is 27.4. The number of hydrogen-bond donors (Lipinski definition) is 0. The first-order chi connectivity index (χ1) is 24.1. The molecule has 50 heavy (non-hydrogen) atoms. The molecule has 0 N–H and O–H groups in total. The topological polar surface area (TPSA) is 94.4 Å². The van der Waals surface area contributed by atoms with Crippen molar-refractivity contribution in [3.8, 4) is 0 Å². The number of anilines is 1. The van der Waals surface area contributed by atoms with E-state index in [0.29, 0.717) is 30.1 Å². The van der Waals surface area contributed by atoms with Crippen LogP contribution in [0, 0.1) is 0 Å². The van der Waals surface area contributed by atoms with Crippen LogP contribution in [-0.2, 0) is 34.3 Å². The van der Waals surface area contributed by atoms with Crippen molar-refractivity contribution >= 4 is 29.0 Å². The van der Waals surface area contributed by atoms with Crippen LogP contribution in [0.25, 0.3) is 0 Å². The van der Waals surface area contributed by atoms with E-state index in [1.165, 1.54) is 0 Å². The molecule has 1 saturated heterocycles. The first-order valence-corrected chi connectivity index (χ1v) is 16.9.